The quantitative estimate of drug-likeness (QED) is 0.776. The van der Waals surface area contributed by atoms with E-state index in [0.717, 1.165) is 23.1 Å². The van der Waals surface area contributed by atoms with Crippen molar-refractivity contribution >= 4 is 15.9 Å². The zero-order valence-electron chi connectivity index (χ0n) is 11.0. The maximum atomic E-state index is 13.9. The predicted octanol–water partition coefficient (Wildman–Crippen LogP) is 4.74. The number of nitrogens with zero attached hydrogens (tertiary/aromatic N) is 1. The van der Waals surface area contributed by atoms with Gasteiger partial charge in [-0.15, -0.1) is 0 Å². The van der Waals surface area contributed by atoms with Crippen LogP contribution in [0.3, 0.4) is 0 Å². The molecule has 0 amide bonds. The Kier molecular flexibility index (Phi) is 5.19. The van der Waals surface area contributed by atoms with Gasteiger partial charge in [0.25, 0.3) is 0 Å². The van der Waals surface area contributed by atoms with Gasteiger partial charge < -0.3 is 0 Å². The van der Waals surface area contributed by atoms with Crippen molar-refractivity contribution in [2.45, 2.75) is 51.6 Å². The van der Waals surface area contributed by atoms with Crippen molar-refractivity contribution in [1.82, 2.24) is 4.90 Å². The highest BCUT2D eigenvalue weighted by molar-refractivity contribution is 9.10. The van der Waals surface area contributed by atoms with Crippen molar-refractivity contribution in [3.05, 3.63) is 34.1 Å². The summed E-state index contributed by atoms with van der Waals surface area (Å²) < 4.78 is 14.7. The van der Waals surface area contributed by atoms with E-state index in [0.29, 0.717) is 6.04 Å². The summed E-state index contributed by atoms with van der Waals surface area (Å²) in [6.07, 6.45) is 6.29. The van der Waals surface area contributed by atoms with Crippen LogP contribution in [0.5, 0.6) is 0 Å². The second-order valence-corrected chi connectivity index (χ2v) is 6.06. The van der Waals surface area contributed by atoms with Gasteiger partial charge in [0.05, 0.1) is 0 Å². The summed E-state index contributed by atoms with van der Waals surface area (Å²) in [4.78, 5) is 2.46. The van der Waals surface area contributed by atoms with Crippen LogP contribution in [0, 0.1) is 5.82 Å². The van der Waals surface area contributed by atoms with Gasteiger partial charge in [-0.2, -0.15) is 0 Å². The smallest absolute Gasteiger partial charge is 0.128 e. The number of benzene rings is 1. The Morgan fingerprint density at radius 3 is 2.94 bits per heavy atom. The van der Waals surface area contributed by atoms with E-state index in [9.17, 15) is 4.39 Å². The van der Waals surface area contributed by atoms with Crippen LogP contribution in [0.15, 0.2) is 22.7 Å². The average Bonchev–Trinajstić information content (AvgIpc) is 2.35. The molecule has 1 nitrogen and oxygen atoms in total. The summed E-state index contributed by atoms with van der Waals surface area (Å²) in [7, 11) is 0. The molecule has 3 heteroatoms. The molecule has 1 aliphatic rings. The Morgan fingerprint density at radius 1 is 1.39 bits per heavy atom. The van der Waals surface area contributed by atoms with Crippen LogP contribution in [-0.2, 0) is 6.54 Å². The van der Waals surface area contributed by atoms with Gasteiger partial charge in [0, 0.05) is 22.6 Å². The van der Waals surface area contributed by atoms with Crippen molar-refractivity contribution in [3.63, 3.8) is 0 Å². The minimum Gasteiger partial charge on any atom is -0.296 e. The van der Waals surface area contributed by atoms with E-state index in [1.165, 1.54) is 32.1 Å². The molecule has 0 radical (unpaired) electrons. The third kappa shape index (κ3) is 3.55. The van der Waals surface area contributed by atoms with Crippen LogP contribution < -0.4 is 0 Å². The highest BCUT2D eigenvalue weighted by Crippen LogP contribution is 2.24. The third-order valence-corrected chi connectivity index (χ3v) is 4.25. The molecule has 1 atom stereocenters. The van der Waals surface area contributed by atoms with Gasteiger partial charge in [-0.1, -0.05) is 41.8 Å². The van der Waals surface area contributed by atoms with Gasteiger partial charge >= 0.3 is 0 Å². The predicted molar refractivity (Wildman–Crippen MR) is 77.1 cm³/mol. The van der Waals surface area contributed by atoms with Gasteiger partial charge in [-0.25, -0.2) is 4.39 Å². The van der Waals surface area contributed by atoms with Gasteiger partial charge in [-0.3, -0.25) is 4.90 Å². The lowest BCUT2D eigenvalue weighted by molar-refractivity contribution is 0.130. The molecule has 1 aromatic rings. The Labute approximate surface area is 118 Å². The Balaban J connectivity index is 2.06. The number of rotatable bonds is 4. The van der Waals surface area contributed by atoms with Crippen LogP contribution in [0.4, 0.5) is 4.39 Å². The maximum absolute atomic E-state index is 13.9. The number of piperidine rings is 1. The van der Waals surface area contributed by atoms with E-state index < -0.39 is 0 Å². The monoisotopic (exact) mass is 313 g/mol. The van der Waals surface area contributed by atoms with E-state index in [2.05, 4.69) is 27.8 Å². The number of hydrogen-bond donors (Lipinski definition) is 0. The molecule has 1 aromatic carbocycles. The Bertz CT molecular complexity index is 392. The lowest BCUT2D eigenvalue weighted by Gasteiger charge is -2.35. The van der Waals surface area contributed by atoms with Gasteiger partial charge in [-0.05, 0) is 37.9 Å². The molecular weight excluding hydrogens is 293 g/mol. The van der Waals surface area contributed by atoms with Crippen molar-refractivity contribution in [2.24, 2.45) is 0 Å². The summed E-state index contributed by atoms with van der Waals surface area (Å²) in [5.41, 5.74) is 0.821. The molecular formula is C15H21BrFN. The first-order valence-corrected chi connectivity index (χ1v) is 7.68. The number of likely N-dealkylation sites (tertiary alicyclic amines) is 1. The zero-order valence-corrected chi connectivity index (χ0v) is 12.5. The second-order valence-electron chi connectivity index (χ2n) is 5.14. The second kappa shape index (κ2) is 6.67. The van der Waals surface area contributed by atoms with Gasteiger partial charge in [0.2, 0.25) is 0 Å². The Morgan fingerprint density at radius 2 is 2.22 bits per heavy atom. The summed E-state index contributed by atoms with van der Waals surface area (Å²) >= 11 is 3.30. The normalized spacial score (nSPS) is 21.2. The first-order chi connectivity index (χ1) is 8.70. The van der Waals surface area contributed by atoms with E-state index in [1.807, 2.05) is 12.1 Å². The highest BCUT2D eigenvalue weighted by Gasteiger charge is 2.22. The molecule has 18 heavy (non-hydrogen) atoms. The first kappa shape index (κ1) is 14.0. The van der Waals surface area contributed by atoms with E-state index in [-0.39, 0.29) is 5.82 Å². The van der Waals surface area contributed by atoms with E-state index >= 15 is 0 Å². The molecule has 1 fully saturated rings. The molecule has 1 aliphatic heterocycles. The van der Waals surface area contributed by atoms with Crippen molar-refractivity contribution < 1.29 is 4.39 Å². The molecule has 1 unspecified atom stereocenters. The standard InChI is InChI=1S/C15H21BrFN/c1-2-5-14-6-3-4-9-18(14)11-12-7-8-13(16)10-15(12)17/h7-8,10,14H,2-6,9,11H2,1H3. The van der Waals surface area contributed by atoms with Crippen LogP contribution in [0.25, 0.3) is 0 Å². The lowest BCUT2D eigenvalue weighted by Crippen LogP contribution is -2.38. The Hall–Kier alpha value is -0.410. The SMILES string of the molecule is CCCC1CCCCN1Cc1ccc(Br)cc1F. The van der Waals surface area contributed by atoms with Gasteiger partial charge in [0.1, 0.15) is 5.82 Å². The molecule has 100 valence electrons. The minimum atomic E-state index is -0.0924. The molecule has 0 aliphatic carbocycles. The minimum absolute atomic E-state index is 0.0924. The van der Waals surface area contributed by atoms with Gasteiger partial charge in [0.15, 0.2) is 0 Å². The van der Waals surface area contributed by atoms with Crippen molar-refractivity contribution in [2.75, 3.05) is 6.54 Å². The van der Waals surface area contributed by atoms with Crippen LogP contribution in [0.2, 0.25) is 0 Å². The lowest BCUT2D eigenvalue weighted by atomic mass is 9.97. The molecule has 0 N–H and O–H groups in total. The molecule has 0 spiro atoms. The van der Waals surface area contributed by atoms with Crippen LogP contribution in [-0.4, -0.2) is 17.5 Å². The fraction of sp³-hybridized carbons (Fsp3) is 0.600. The maximum Gasteiger partial charge on any atom is 0.128 e. The third-order valence-electron chi connectivity index (χ3n) is 3.76. The van der Waals surface area contributed by atoms with E-state index in [1.54, 1.807) is 6.07 Å². The largest absolute Gasteiger partial charge is 0.296 e. The summed E-state index contributed by atoms with van der Waals surface area (Å²) in [6.45, 7) is 4.09. The van der Waals surface area contributed by atoms with Crippen LogP contribution >= 0.6 is 15.9 Å². The average molecular weight is 314 g/mol. The first-order valence-electron chi connectivity index (χ1n) is 6.88. The molecule has 2 rings (SSSR count). The summed E-state index contributed by atoms with van der Waals surface area (Å²) in [5, 5.41) is 0. The van der Waals surface area contributed by atoms with Crippen LogP contribution in [0.1, 0.15) is 44.6 Å². The highest BCUT2D eigenvalue weighted by atomic mass is 79.9. The summed E-state index contributed by atoms with van der Waals surface area (Å²) in [6, 6.07) is 6.04. The summed E-state index contributed by atoms with van der Waals surface area (Å²) in [5.74, 6) is -0.0924. The van der Waals surface area contributed by atoms with E-state index in [4.69, 9.17) is 0 Å². The fourth-order valence-electron chi connectivity index (χ4n) is 2.80. The number of halogens is 2. The number of hydrogen-bond acceptors (Lipinski definition) is 1. The van der Waals surface area contributed by atoms with Crippen molar-refractivity contribution in [3.8, 4) is 0 Å². The zero-order chi connectivity index (χ0) is 13.0. The fourth-order valence-corrected chi connectivity index (χ4v) is 3.13. The molecule has 0 bridgehead atoms. The molecule has 1 saturated heterocycles. The topological polar surface area (TPSA) is 3.24 Å². The molecule has 1 heterocycles. The molecule has 0 saturated carbocycles. The molecule has 0 aromatic heterocycles. The van der Waals surface area contributed by atoms with Crippen molar-refractivity contribution in [1.29, 1.82) is 0 Å².